The van der Waals surface area contributed by atoms with Crippen LogP contribution in [0.2, 0.25) is 5.02 Å². The molecule has 0 unspecified atom stereocenters. The van der Waals surface area contributed by atoms with Crippen molar-refractivity contribution in [1.29, 1.82) is 0 Å². The Morgan fingerprint density at radius 2 is 2.27 bits per heavy atom. The molecule has 2 nitrogen and oxygen atoms in total. The van der Waals surface area contributed by atoms with Gasteiger partial charge in [-0.1, -0.05) is 23.7 Å². The molecule has 0 aliphatic heterocycles. The van der Waals surface area contributed by atoms with E-state index in [9.17, 15) is 0 Å². The predicted molar refractivity (Wildman–Crippen MR) is 43.3 cm³/mol. The van der Waals surface area contributed by atoms with Crippen LogP contribution in [0.5, 0.6) is 5.75 Å². The van der Waals surface area contributed by atoms with Crippen molar-refractivity contribution in [2.75, 3.05) is 7.11 Å². The van der Waals surface area contributed by atoms with Crippen molar-refractivity contribution in [3.8, 4) is 5.75 Å². The first-order valence-electron chi connectivity index (χ1n) is 3.09. The van der Waals surface area contributed by atoms with Gasteiger partial charge in [0.1, 0.15) is 12.4 Å². The minimum atomic E-state index is 0.428. The normalized spacial score (nSPS) is 9.73. The first kappa shape index (κ1) is 8.37. The van der Waals surface area contributed by atoms with Crippen LogP contribution in [0.15, 0.2) is 18.2 Å². The van der Waals surface area contributed by atoms with Crippen molar-refractivity contribution in [1.82, 2.24) is 0 Å². The SMILES string of the molecule is COc1cccc([CH]O)c1Cl. The van der Waals surface area contributed by atoms with Crippen LogP contribution in [-0.2, 0) is 0 Å². The number of halogens is 1. The Balaban J connectivity index is 3.10. The van der Waals surface area contributed by atoms with Crippen molar-refractivity contribution < 1.29 is 9.84 Å². The molecule has 0 fully saturated rings. The van der Waals surface area contributed by atoms with Gasteiger partial charge < -0.3 is 9.84 Å². The molecule has 1 aromatic rings. The van der Waals surface area contributed by atoms with Crippen LogP contribution in [0.25, 0.3) is 0 Å². The second-order valence-electron chi connectivity index (χ2n) is 1.99. The fraction of sp³-hybridized carbons (Fsp3) is 0.125. The van der Waals surface area contributed by atoms with Gasteiger partial charge in [0.25, 0.3) is 0 Å². The Hall–Kier alpha value is -0.730. The van der Waals surface area contributed by atoms with E-state index >= 15 is 0 Å². The number of aliphatic hydroxyl groups is 1. The summed E-state index contributed by atoms with van der Waals surface area (Å²) in [6, 6.07) is 5.19. The van der Waals surface area contributed by atoms with Gasteiger partial charge >= 0.3 is 0 Å². The molecule has 1 rings (SSSR count). The maximum absolute atomic E-state index is 8.67. The Labute approximate surface area is 70.4 Å². The molecule has 0 aliphatic carbocycles. The van der Waals surface area contributed by atoms with Crippen LogP contribution in [0.1, 0.15) is 5.56 Å². The summed E-state index contributed by atoms with van der Waals surface area (Å²) in [6.07, 6.45) is 0. The van der Waals surface area contributed by atoms with Crippen molar-refractivity contribution >= 4 is 11.6 Å². The molecule has 0 amide bonds. The molecule has 1 N–H and O–H groups in total. The predicted octanol–water partition coefficient (Wildman–Crippen LogP) is 2.23. The van der Waals surface area contributed by atoms with Crippen LogP contribution in [-0.4, -0.2) is 12.2 Å². The minimum Gasteiger partial charge on any atom is -0.495 e. The quantitative estimate of drug-likeness (QED) is 0.740. The summed E-state index contributed by atoms with van der Waals surface area (Å²) in [5.74, 6) is 0.564. The van der Waals surface area contributed by atoms with E-state index in [-0.39, 0.29) is 0 Å². The summed E-state index contributed by atoms with van der Waals surface area (Å²) in [5.41, 5.74) is 0.561. The number of rotatable bonds is 2. The molecule has 0 heterocycles. The molecule has 11 heavy (non-hydrogen) atoms. The van der Waals surface area contributed by atoms with Gasteiger partial charge in [-0.25, -0.2) is 0 Å². The average Bonchev–Trinajstić information content (AvgIpc) is 2.05. The Morgan fingerprint density at radius 1 is 1.55 bits per heavy atom. The Morgan fingerprint density at radius 3 is 2.82 bits per heavy atom. The van der Waals surface area contributed by atoms with E-state index in [1.165, 1.54) is 7.11 Å². The number of methoxy groups -OCH3 is 1. The molecule has 0 aromatic heterocycles. The third kappa shape index (κ3) is 1.64. The number of aliphatic hydroxyl groups excluding tert-OH is 1. The summed E-state index contributed by atoms with van der Waals surface area (Å²) in [4.78, 5) is 0. The van der Waals surface area contributed by atoms with Crippen LogP contribution in [0.3, 0.4) is 0 Å². The summed E-state index contributed by atoms with van der Waals surface area (Å²) in [6.45, 7) is 0.949. The zero-order valence-electron chi connectivity index (χ0n) is 6.04. The highest BCUT2D eigenvalue weighted by molar-refractivity contribution is 6.33. The molecule has 0 bridgehead atoms. The molecule has 1 radical (unpaired) electrons. The molecular weight excluding hydrogens is 164 g/mol. The van der Waals surface area contributed by atoms with Crippen molar-refractivity contribution in [2.45, 2.75) is 0 Å². The second-order valence-corrected chi connectivity index (χ2v) is 2.37. The van der Waals surface area contributed by atoms with E-state index in [2.05, 4.69) is 0 Å². The molecule has 0 saturated heterocycles. The fourth-order valence-electron chi connectivity index (χ4n) is 0.785. The molecular formula is C8H8ClO2. The van der Waals surface area contributed by atoms with Gasteiger partial charge in [-0.05, 0) is 6.07 Å². The lowest BCUT2D eigenvalue weighted by atomic mass is 10.2. The average molecular weight is 172 g/mol. The minimum absolute atomic E-state index is 0.428. The van der Waals surface area contributed by atoms with Gasteiger partial charge in [0.15, 0.2) is 0 Å². The highest BCUT2D eigenvalue weighted by Crippen LogP contribution is 2.27. The number of hydrogen-bond donors (Lipinski definition) is 1. The Bertz CT molecular complexity index is 226. The number of hydrogen-bond acceptors (Lipinski definition) is 2. The van der Waals surface area contributed by atoms with Crippen LogP contribution >= 0.6 is 11.6 Å². The van der Waals surface area contributed by atoms with Gasteiger partial charge in [0, 0.05) is 5.56 Å². The highest BCUT2D eigenvalue weighted by atomic mass is 35.5. The zero-order valence-corrected chi connectivity index (χ0v) is 6.80. The first-order chi connectivity index (χ1) is 5.29. The van der Waals surface area contributed by atoms with E-state index in [0.29, 0.717) is 16.3 Å². The van der Waals surface area contributed by atoms with Gasteiger partial charge in [-0.2, -0.15) is 0 Å². The van der Waals surface area contributed by atoms with Crippen molar-refractivity contribution in [2.24, 2.45) is 0 Å². The first-order valence-corrected chi connectivity index (χ1v) is 3.47. The zero-order chi connectivity index (χ0) is 8.27. The molecule has 59 valence electrons. The lowest BCUT2D eigenvalue weighted by Crippen LogP contribution is -1.87. The highest BCUT2D eigenvalue weighted by Gasteiger charge is 2.04. The fourth-order valence-corrected chi connectivity index (χ4v) is 1.04. The van der Waals surface area contributed by atoms with Gasteiger partial charge in [-0.3, -0.25) is 0 Å². The number of benzene rings is 1. The van der Waals surface area contributed by atoms with Crippen LogP contribution < -0.4 is 4.74 Å². The summed E-state index contributed by atoms with van der Waals surface area (Å²) in [5, 5.41) is 9.10. The van der Waals surface area contributed by atoms with Crippen LogP contribution in [0, 0.1) is 6.61 Å². The molecule has 1 aromatic carbocycles. The standard InChI is InChI=1S/C8H8ClO2/c1-11-7-4-2-3-6(5-10)8(7)9/h2-5,10H,1H3. The van der Waals surface area contributed by atoms with Gasteiger partial charge in [-0.15, -0.1) is 0 Å². The van der Waals surface area contributed by atoms with Crippen molar-refractivity contribution in [3.63, 3.8) is 0 Å². The third-order valence-electron chi connectivity index (χ3n) is 1.35. The third-order valence-corrected chi connectivity index (χ3v) is 1.76. The van der Waals surface area contributed by atoms with E-state index < -0.39 is 0 Å². The maximum atomic E-state index is 8.67. The molecule has 3 heteroatoms. The lowest BCUT2D eigenvalue weighted by Gasteiger charge is -2.04. The van der Waals surface area contributed by atoms with E-state index in [1.807, 2.05) is 0 Å². The molecule has 0 aliphatic rings. The molecule has 0 spiro atoms. The summed E-state index contributed by atoms with van der Waals surface area (Å²) < 4.78 is 4.92. The number of ether oxygens (including phenoxy) is 1. The van der Waals surface area contributed by atoms with E-state index in [0.717, 1.165) is 6.61 Å². The van der Waals surface area contributed by atoms with Crippen molar-refractivity contribution in [3.05, 3.63) is 35.4 Å². The molecule has 0 atom stereocenters. The van der Waals surface area contributed by atoms with E-state index in [4.69, 9.17) is 21.4 Å². The lowest BCUT2D eigenvalue weighted by molar-refractivity contribution is 0.404. The monoisotopic (exact) mass is 171 g/mol. The van der Waals surface area contributed by atoms with Gasteiger partial charge in [0.2, 0.25) is 0 Å². The molecule has 0 saturated carbocycles. The summed E-state index contributed by atoms with van der Waals surface area (Å²) >= 11 is 5.79. The topological polar surface area (TPSA) is 29.5 Å². The van der Waals surface area contributed by atoms with E-state index in [1.54, 1.807) is 18.2 Å². The Kier molecular flexibility index (Phi) is 2.74. The largest absolute Gasteiger partial charge is 0.495 e. The maximum Gasteiger partial charge on any atom is 0.137 e. The van der Waals surface area contributed by atoms with Crippen LogP contribution in [0.4, 0.5) is 0 Å². The summed E-state index contributed by atoms with van der Waals surface area (Å²) in [7, 11) is 1.53. The smallest absolute Gasteiger partial charge is 0.137 e. The van der Waals surface area contributed by atoms with Gasteiger partial charge in [0.05, 0.1) is 12.1 Å². The second kappa shape index (κ2) is 3.60.